The molecule has 0 bridgehead atoms. The maximum Gasteiger partial charge on any atom is 0.355 e. The Hall–Kier alpha value is -2.27. The monoisotopic (exact) mass is 489 g/mol. The van der Waals surface area contributed by atoms with Gasteiger partial charge in [0.1, 0.15) is 11.8 Å². The number of carbonyl (C=O) groups is 2. The third kappa shape index (κ3) is 4.10. The Bertz CT molecular complexity index is 902. The van der Waals surface area contributed by atoms with Crippen molar-refractivity contribution in [1.29, 1.82) is 0 Å². The topological polar surface area (TPSA) is 113 Å². The predicted octanol–water partition coefficient (Wildman–Crippen LogP) is 3.28. The number of carbonyl (C=O) groups excluding carboxylic acids is 2. The van der Waals surface area contributed by atoms with Gasteiger partial charge in [0.25, 0.3) is 0 Å². The lowest BCUT2D eigenvalue weighted by molar-refractivity contribution is -0.390. The first-order valence-electron chi connectivity index (χ1n) is 7.37. The fourth-order valence-electron chi connectivity index (χ4n) is 2.11. The molecule has 0 spiro atoms. The molecule has 0 fully saturated rings. The summed E-state index contributed by atoms with van der Waals surface area (Å²) in [5, 5.41) is 11.5. The lowest BCUT2D eigenvalue weighted by atomic mass is 10.2. The van der Waals surface area contributed by atoms with Crippen molar-refractivity contribution in [3.63, 3.8) is 0 Å². The molecule has 26 heavy (non-hydrogen) atoms. The van der Waals surface area contributed by atoms with Crippen LogP contribution in [-0.2, 0) is 19.1 Å². The van der Waals surface area contributed by atoms with Crippen LogP contribution in [0.25, 0.3) is 11.7 Å². The third-order valence-electron chi connectivity index (χ3n) is 3.09. The van der Waals surface area contributed by atoms with E-state index < -0.39 is 28.3 Å². The highest BCUT2D eigenvalue weighted by atomic mass is 79.9. The van der Waals surface area contributed by atoms with Crippen molar-refractivity contribution in [3.8, 4) is 0 Å². The van der Waals surface area contributed by atoms with Crippen molar-refractivity contribution in [2.24, 2.45) is 0 Å². The lowest BCUT2D eigenvalue weighted by Gasteiger charge is -2.05. The van der Waals surface area contributed by atoms with E-state index in [1.807, 2.05) is 0 Å². The van der Waals surface area contributed by atoms with E-state index in [1.54, 1.807) is 19.9 Å². The average molecular weight is 491 g/mol. The molecule has 11 heteroatoms. The number of nitrogens with zero attached hydrogens (tertiary/aromatic N) is 3. The van der Waals surface area contributed by atoms with Crippen LogP contribution in [-0.4, -0.2) is 39.5 Å². The van der Waals surface area contributed by atoms with Gasteiger partial charge in [0.2, 0.25) is 5.65 Å². The van der Waals surface area contributed by atoms with Crippen LogP contribution in [0.3, 0.4) is 0 Å². The number of aromatic nitrogens is 2. The van der Waals surface area contributed by atoms with E-state index in [0.29, 0.717) is 8.95 Å². The van der Waals surface area contributed by atoms with Crippen LogP contribution >= 0.6 is 31.9 Å². The van der Waals surface area contributed by atoms with Gasteiger partial charge in [0, 0.05) is 0 Å². The second-order valence-electron chi connectivity index (χ2n) is 4.78. The molecule has 0 amide bonds. The molecule has 2 heterocycles. The van der Waals surface area contributed by atoms with Crippen LogP contribution < -0.4 is 0 Å². The smallest absolute Gasteiger partial charge is 0.355 e. The predicted molar refractivity (Wildman–Crippen MR) is 98.5 cm³/mol. The Labute approximate surface area is 164 Å². The summed E-state index contributed by atoms with van der Waals surface area (Å²) in [6.07, 6.45) is 2.46. The standard InChI is InChI=1S/C15H13Br2N3O6/c1-3-25-14(21)9(15(22)26-4-2)6-11-13(20(23)24)19-7-8(16)5-10(17)12(19)18-11/h5-7H,3-4H2,1-2H3. The zero-order valence-corrected chi connectivity index (χ0v) is 16.9. The number of imidazole rings is 1. The van der Waals surface area contributed by atoms with Crippen LogP contribution in [0.15, 0.2) is 26.8 Å². The van der Waals surface area contributed by atoms with Crippen LogP contribution in [0.1, 0.15) is 19.5 Å². The largest absolute Gasteiger partial charge is 0.462 e. The summed E-state index contributed by atoms with van der Waals surface area (Å²) in [6, 6.07) is 1.66. The number of pyridine rings is 1. The lowest BCUT2D eigenvalue weighted by Crippen LogP contribution is -2.18. The van der Waals surface area contributed by atoms with Gasteiger partial charge in [0.15, 0.2) is 5.69 Å². The first kappa shape index (κ1) is 20.0. The number of rotatable bonds is 6. The molecule has 0 N–H and O–H groups in total. The molecule has 0 aliphatic rings. The molecule has 138 valence electrons. The maximum absolute atomic E-state index is 12.1. The zero-order chi connectivity index (χ0) is 19.4. The molecule has 2 rings (SSSR count). The van der Waals surface area contributed by atoms with Gasteiger partial charge in [-0.1, -0.05) is 0 Å². The number of ether oxygens (including phenoxy) is 2. The first-order valence-corrected chi connectivity index (χ1v) is 8.96. The molecule has 9 nitrogen and oxygen atoms in total. The number of hydrogen-bond donors (Lipinski definition) is 0. The molecule has 0 atom stereocenters. The molecule has 2 aromatic heterocycles. The highest BCUT2D eigenvalue weighted by Crippen LogP contribution is 2.30. The molecular weight excluding hydrogens is 478 g/mol. The van der Waals surface area contributed by atoms with E-state index in [0.717, 1.165) is 6.08 Å². The second-order valence-corrected chi connectivity index (χ2v) is 6.55. The zero-order valence-electron chi connectivity index (χ0n) is 13.7. The van der Waals surface area contributed by atoms with Crippen LogP contribution in [0, 0.1) is 10.1 Å². The third-order valence-corrected chi connectivity index (χ3v) is 4.10. The summed E-state index contributed by atoms with van der Waals surface area (Å²) in [5.41, 5.74) is -0.404. The average Bonchev–Trinajstić information content (AvgIpc) is 2.91. The Morgan fingerprint density at radius 1 is 1.27 bits per heavy atom. The molecule has 0 aromatic carbocycles. The van der Waals surface area contributed by atoms with Crippen LogP contribution in [0.4, 0.5) is 5.82 Å². The Morgan fingerprint density at radius 2 is 1.85 bits per heavy atom. The van der Waals surface area contributed by atoms with E-state index in [9.17, 15) is 19.7 Å². The maximum atomic E-state index is 12.1. The molecule has 0 aliphatic heterocycles. The van der Waals surface area contributed by atoms with Gasteiger partial charge in [-0.25, -0.2) is 9.59 Å². The Morgan fingerprint density at radius 3 is 2.35 bits per heavy atom. The highest BCUT2D eigenvalue weighted by molar-refractivity contribution is 9.11. The minimum absolute atomic E-state index is 0.0291. The summed E-state index contributed by atoms with van der Waals surface area (Å²) in [7, 11) is 0. The van der Waals surface area contributed by atoms with E-state index in [-0.39, 0.29) is 24.6 Å². The Kier molecular flexibility index (Phi) is 6.48. The van der Waals surface area contributed by atoms with Gasteiger partial charge < -0.3 is 19.6 Å². The van der Waals surface area contributed by atoms with Gasteiger partial charge in [-0.05, 0) is 62.8 Å². The summed E-state index contributed by atoms with van der Waals surface area (Å²) < 4.78 is 12.0. The highest BCUT2D eigenvalue weighted by Gasteiger charge is 2.28. The molecule has 0 saturated carbocycles. The summed E-state index contributed by atoms with van der Waals surface area (Å²) in [4.78, 5) is 39.2. The first-order chi connectivity index (χ1) is 12.3. The summed E-state index contributed by atoms with van der Waals surface area (Å²) in [5.74, 6) is -2.30. The fourth-order valence-corrected chi connectivity index (χ4v) is 3.38. The minimum atomic E-state index is -0.947. The summed E-state index contributed by atoms with van der Waals surface area (Å²) >= 11 is 6.53. The number of halogens is 2. The van der Waals surface area contributed by atoms with Gasteiger partial charge in [-0.15, -0.1) is 0 Å². The van der Waals surface area contributed by atoms with Gasteiger partial charge >= 0.3 is 17.8 Å². The van der Waals surface area contributed by atoms with Crippen molar-refractivity contribution in [3.05, 3.63) is 42.6 Å². The number of esters is 2. The van der Waals surface area contributed by atoms with Crippen molar-refractivity contribution in [2.75, 3.05) is 13.2 Å². The normalized spacial score (nSPS) is 10.5. The number of nitro groups is 1. The van der Waals surface area contributed by atoms with Gasteiger partial charge in [-0.3, -0.25) is 0 Å². The SMILES string of the molecule is CCOC(=O)C(=Cc1nc2c(Br)cc(Br)cn2c1[N+](=O)[O-])C(=O)OCC. The van der Waals surface area contributed by atoms with E-state index in [4.69, 9.17) is 9.47 Å². The molecule has 0 aliphatic carbocycles. The van der Waals surface area contributed by atoms with Crippen LogP contribution in [0.2, 0.25) is 0 Å². The molecule has 0 radical (unpaired) electrons. The van der Waals surface area contributed by atoms with E-state index >= 15 is 0 Å². The number of hydrogen-bond acceptors (Lipinski definition) is 7. The van der Waals surface area contributed by atoms with Crippen LogP contribution in [0.5, 0.6) is 0 Å². The quantitative estimate of drug-likeness (QED) is 0.152. The minimum Gasteiger partial charge on any atom is -0.462 e. The molecule has 0 saturated heterocycles. The van der Waals surface area contributed by atoms with Crippen molar-refractivity contribution in [1.82, 2.24) is 9.38 Å². The second kappa shape index (κ2) is 8.41. The fraction of sp³-hybridized carbons (Fsp3) is 0.267. The molecular formula is C15H13Br2N3O6. The summed E-state index contributed by atoms with van der Waals surface area (Å²) in [6.45, 7) is 3.20. The van der Waals surface area contributed by atoms with Crippen molar-refractivity contribution in [2.45, 2.75) is 13.8 Å². The van der Waals surface area contributed by atoms with E-state index in [1.165, 1.54) is 10.6 Å². The molecule has 0 unspecified atom stereocenters. The van der Waals surface area contributed by atoms with Gasteiger partial charge in [0.05, 0.1) is 22.2 Å². The number of fused-ring (bicyclic) bond motifs is 1. The Balaban J connectivity index is 2.72. The van der Waals surface area contributed by atoms with E-state index in [2.05, 4.69) is 36.8 Å². The molecule has 2 aromatic rings. The van der Waals surface area contributed by atoms with Gasteiger partial charge in [-0.2, -0.15) is 9.38 Å². The van der Waals surface area contributed by atoms with Crippen molar-refractivity contribution >= 4 is 61.3 Å². The van der Waals surface area contributed by atoms with Crippen molar-refractivity contribution < 1.29 is 24.0 Å².